The van der Waals surface area contributed by atoms with E-state index in [4.69, 9.17) is 4.74 Å². The zero-order valence-electron chi connectivity index (χ0n) is 13.6. The smallest absolute Gasteiger partial charge is 0.243 e. The van der Waals surface area contributed by atoms with E-state index in [9.17, 15) is 16.8 Å². The number of sulfonamides is 1. The summed E-state index contributed by atoms with van der Waals surface area (Å²) in [5, 5.41) is 0. The Morgan fingerprint density at radius 1 is 1.08 bits per heavy atom. The highest BCUT2D eigenvalue weighted by Crippen LogP contribution is 2.23. The molecule has 7 nitrogen and oxygen atoms in total. The van der Waals surface area contributed by atoms with Gasteiger partial charge in [0.05, 0.1) is 23.5 Å². The fourth-order valence-corrected chi connectivity index (χ4v) is 6.45. The van der Waals surface area contributed by atoms with Crippen LogP contribution in [0.3, 0.4) is 0 Å². The minimum atomic E-state index is -3.52. The standard InChI is InChI=1S/C15H22N2O5S2/c1-22-14-2-4-15(5-3-14)24(20,21)17-9-7-16(8-10-17)13-6-11-23(18,19)12-13/h2-5,13H,6-12H2,1H3. The van der Waals surface area contributed by atoms with Crippen molar-refractivity contribution in [2.75, 3.05) is 44.8 Å². The van der Waals surface area contributed by atoms with Gasteiger partial charge in [-0.05, 0) is 30.7 Å². The number of rotatable bonds is 4. The van der Waals surface area contributed by atoms with Crippen molar-refractivity contribution in [1.29, 1.82) is 0 Å². The second-order valence-corrected chi connectivity index (χ2v) is 10.3. The Morgan fingerprint density at radius 3 is 2.21 bits per heavy atom. The number of piperazine rings is 1. The van der Waals surface area contributed by atoms with Crippen molar-refractivity contribution in [3.63, 3.8) is 0 Å². The summed E-state index contributed by atoms with van der Waals surface area (Å²) in [5.74, 6) is 1.04. The summed E-state index contributed by atoms with van der Waals surface area (Å²) >= 11 is 0. The van der Waals surface area contributed by atoms with Gasteiger partial charge >= 0.3 is 0 Å². The highest BCUT2D eigenvalue weighted by Gasteiger charge is 2.36. The molecule has 0 saturated carbocycles. The van der Waals surface area contributed by atoms with E-state index in [1.54, 1.807) is 24.3 Å². The van der Waals surface area contributed by atoms with Crippen molar-refractivity contribution in [3.05, 3.63) is 24.3 Å². The molecule has 0 spiro atoms. The number of hydrogen-bond acceptors (Lipinski definition) is 6. The minimum absolute atomic E-state index is 0.0286. The number of sulfone groups is 1. The van der Waals surface area contributed by atoms with Crippen molar-refractivity contribution in [2.45, 2.75) is 17.4 Å². The van der Waals surface area contributed by atoms with Crippen LogP contribution in [0.15, 0.2) is 29.2 Å². The first kappa shape index (κ1) is 17.7. The van der Waals surface area contributed by atoms with Gasteiger partial charge in [0.2, 0.25) is 10.0 Å². The molecule has 1 aromatic rings. The highest BCUT2D eigenvalue weighted by molar-refractivity contribution is 7.91. The van der Waals surface area contributed by atoms with Crippen molar-refractivity contribution < 1.29 is 21.6 Å². The maximum absolute atomic E-state index is 12.7. The first-order valence-electron chi connectivity index (χ1n) is 7.90. The third-order valence-corrected chi connectivity index (χ3v) is 8.36. The molecule has 2 aliphatic heterocycles. The zero-order valence-corrected chi connectivity index (χ0v) is 15.2. The van der Waals surface area contributed by atoms with E-state index in [-0.39, 0.29) is 22.4 Å². The van der Waals surface area contributed by atoms with Crippen LogP contribution in [-0.4, -0.2) is 76.9 Å². The van der Waals surface area contributed by atoms with Gasteiger partial charge in [0.25, 0.3) is 0 Å². The molecule has 2 fully saturated rings. The van der Waals surface area contributed by atoms with Gasteiger partial charge in [0.1, 0.15) is 5.75 Å². The first-order valence-corrected chi connectivity index (χ1v) is 11.2. The lowest BCUT2D eigenvalue weighted by atomic mass is 10.2. The predicted octanol–water partition coefficient (Wildman–Crippen LogP) is 0.189. The second kappa shape index (κ2) is 6.62. The fraction of sp³-hybridized carbons (Fsp3) is 0.600. The molecule has 24 heavy (non-hydrogen) atoms. The molecule has 0 aromatic heterocycles. The summed E-state index contributed by atoms with van der Waals surface area (Å²) in [6.07, 6.45) is 0.646. The molecule has 0 radical (unpaired) electrons. The lowest BCUT2D eigenvalue weighted by Crippen LogP contribution is -2.52. The number of benzene rings is 1. The Labute approximate surface area is 143 Å². The Balaban J connectivity index is 1.65. The quantitative estimate of drug-likeness (QED) is 0.748. The molecule has 0 amide bonds. The molecule has 1 unspecified atom stereocenters. The predicted molar refractivity (Wildman–Crippen MR) is 90.4 cm³/mol. The molecule has 0 bridgehead atoms. The Bertz CT molecular complexity index is 782. The third kappa shape index (κ3) is 3.58. The maximum atomic E-state index is 12.7. The molecule has 134 valence electrons. The Kier molecular flexibility index (Phi) is 4.87. The molecule has 2 aliphatic rings. The summed E-state index contributed by atoms with van der Waals surface area (Å²) in [6, 6.07) is 6.38. The zero-order chi connectivity index (χ0) is 17.4. The summed E-state index contributed by atoms with van der Waals surface area (Å²) in [4.78, 5) is 2.35. The van der Waals surface area contributed by atoms with Gasteiger partial charge in [-0.3, -0.25) is 4.90 Å². The number of ether oxygens (including phenoxy) is 1. The average Bonchev–Trinajstić information content (AvgIpc) is 2.95. The molecule has 2 heterocycles. The van der Waals surface area contributed by atoms with Gasteiger partial charge in [-0.15, -0.1) is 0 Å². The highest BCUT2D eigenvalue weighted by atomic mass is 32.2. The van der Waals surface area contributed by atoms with Crippen molar-refractivity contribution in [1.82, 2.24) is 9.21 Å². The van der Waals surface area contributed by atoms with Crippen LogP contribution in [0.2, 0.25) is 0 Å². The van der Waals surface area contributed by atoms with Crippen LogP contribution < -0.4 is 4.74 Å². The van der Waals surface area contributed by atoms with Gasteiger partial charge in [-0.25, -0.2) is 16.8 Å². The number of hydrogen-bond donors (Lipinski definition) is 0. The first-order chi connectivity index (χ1) is 11.3. The van der Waals surface area contributed by atoms with E-state index in [2.05, 4.69) is 4.90 Å². The molecule has 1 atom stereocenters. The van der Waals surface area contributed by atoms with Crippen molar-refractivity contribution in [2.24, 2.45) is 0 Å². The van der Waals surface area contributed by atoms with E-state index in [0.717, 1.165) is 0 Å². The third-order valence-electron chi connectivity index (χ3n) is 4.70. The normalized spacial score (nSPS) is 25.6. The molecular formula is C15H22N2O5S2. The van der Waals surface area contributed by atoms with E-state index in [1.807, 2.05) is 0 Å². The fourth-order valence-electron chi connectivity index (χ4n) is 3.27. The van der Waals surface area contributed by atoms with Crippen LogP contribution >= 0.6 is 0 Å². The number of nitrogens with zero attached hydrogens (tertiary/aromatic N) is 2. The molecule has 0 aliphatic carbocycles. The van der Waals surface area contributed by atoms with E-state index >= 15 is 0 Å². The van der Waals surface area contributed by atoms with Gasteiger partial charge in [0.15, 0.2) is 9.84 Å². The summed E-state index contributed by atoms with van der Waals surface area (Å²) in [5.41, 5.74) is 0. The SMILES string of the molecule is COc1ccc(S(=O)(=O)N2CCN(C3CCS(=O)(=O)C3)CC2)cc1. The van der Waals surface area contributed by atoms with Crippen LogP contribution in [-0.2, 0) is 19.9 Å². The van der Waals surface area contributed by atoms with Crippen LogP contribution in [0.5, 0.6) is 5.75 Å². The van der Waals surface area contributed by atoms with Gasteiger partial charge < -0.3 is 4.74 Å². The van der Waals surface area contributed by atoms with Crippen molar-refractivity contribution in [3.8, 4) is 5.75 Å². The van der Waals surface area contributed by atoms with Crippen molar-refractivity contribution >= 4 is 19.9 Å². The molecular weight excluding hydrogens is 352 g/mol. The molecule has 1 aromatic carbocycles. The topological polar surface area (TPSA) is 84.0 Å². The number of methoxy groups -OCH3 is 1. The van der Waals surface area contributed by atoms with Gasteiger partial charge in [0, 0.05) is 32.2 Å². The van der Waals surface area contributed by atoms with E-state index in [1.165, 1.54) is 11.4 Å². The summed E-state index contributed by atoms with van der Waals surface area (Å²) in [6.45, 7) is 1.89. The molecule has 9 heteroatoms. The Hall–Kier alpha value is -1.16. The van der Waals surface area contributed by atoms with Gasteiger partial charge in [-0.2, -0.15) is 4.31 Å². The van der Waals surface area contributed by atoms with Gasteiger partial charge in [-0.1, -0.05) is 0 Å². The second-order valence-electron chi connectivity index (χ2n) is 6.17. The largest absolute Gasteiger partial charge is 0.497 e. The van der Waals surface area contributed by atoms with Crippen LogP contribution in [0.4, 0.5) is 0 Å². The lowest BCUT2D eigenvalue weighted by molar-refractivity contribution is 0.148. The lowest BCUT2D eigenvalue weighted by Gasteiger charge is -2.36. The summed E-state index contributed by atoms with van der Waals surface area (Å²) < 4.78 is 55.1. The summed E-state index contributed by atoms with van der Waals surface area (Å²) in [7, 11) is -4.91. The molecule has 0 N–H and O–H groups in total. The minimum Gasteiger partial charge on any atom is -0.497 e. The molecule has 2 saturated heterocycles. The Morgan fingerprint density at radius 2 is 1.71 bits per heavy atom. The van der Waals surface area contributed by atoms with E-state index in [0.29, 0.717) is 38.3 Å². The monoisotopic (exact) mass is 374 g/mol. The van der Waals surface area contributed by atoms with Crippen LogP contribution in [0, 0.1) is 0 Å². The molecule has 3 rings (SSSR count). The van der Waals surface area contributed by atoms with Crippen LogP contribution in [0.25, 0.3) is 0 Å². The average molecular weight is 374 g/mol. The van der Waals surface area contributed by atoms with Crippen LogP contribution in [0.1, 0.15) is 6.42 Å². The maximum Gasteiger partial charge on any atom is 0.243 e. The van der Waals surface area contributed by atoms with E-state index < -0.39 is 19.9 Å².